The lowest BCUT2D eigenvalue weighted by molar-refractivity contribution is -0.136. The van der Waals surface area contributed by atoms with E-state index in [-0.39, 0.29) is 36.3 Å². The van der Waals surface area contributed by atoms with Gasteiger partial charge in [-0.25, -0.2) is 0 Å². The molecule has 4 aromatic rings. The van der Waals surface area contributed by atoms with Crippen molar-refractivity contribution in [2.75, 3.05) is 18.5 Å². The standard InChI is InChI=1S/C37H33N3O6/c1-2-28(23-7-4-3-5-8-23)33(24-11-15-26(41)16-12-24)25-13-17-27(18-14-25)46-22-21-38-30-10-6-9-29-34(30)37(45)40(36(29)44)31-19-20-32(42)39-35(31)43/h3-18,31,38,41H,2,19-22H2,1H3,(H,39,42,43)/b33-28-. The number of imide groups is 2. The normalized spacial score (nSPS) is 16.5. The van der Waals surface area contributed by atoms with Gasteiger partial charge in [-0.05, 0) is 77.1 Å². The Labute approximate surface area is 266 Å². The predicted molar refractivity (Wildman–Crippen MR) is 174 cm³/mol. The lowest BCUT2D eigenvalue weighted by atomic mass is 9.88. The van der Waals surface area contributed by atoms with Gasteiger partial charge < -0.3 is 15.2 Å². The van der Waals surface area contributed by atoms with Gasteiger partial charge in [0, 0.05) is 18.7 Å². The molecule has 0 radical (unpaired) electrons. The molecule has 232 valence electrons. The molecular weight excluding hydrogens is 582 g/mol. The number of aromatic hydroxyl groups is 1. The van der Waals surface area contributed by atoms with Crippen LogP contribution in [0.25, 0.3) is 11.1 Å². The highest BCUT2D eigenvalue weighted by molar-refractivity contribution is 6.25. The van der Waals surface area contributed by atoms with Crippen LogP contribution in [0.15, 0.2) is 97.1 Å². The Morgan fingerprint density at radius 3 is 2.22 bits per heavy atom. The maximum atomic E-state index is 13.3. The average Bonchev–Trinajstić information content (AvgIpc) is 3.33. The zero-order chi connectivity index (χ0) is 32.2. The van der Waals surface area contributed by atoms with Crippen LogP contribution in [0.2, 0.25) is 0 Å². The Bertz CT molecular complexity index is 1830. The molecule has 3 N–H and O–H groups in total. The first kappa shape index (κ1) is 30.3. The highest BCUT2D eigenvalue weighted by atomic mass is 16.5. The lowest BCUT2D eigenvalue weighted by Gasteiger charge is -2.27. The van der Waals surface area contributed by atoms with Gasteiger partial charge in [0.1, 0.15) is 24.1 Å². The molecule has 1 atom stereocenters. The number of carbonyl (C=O) groups is 4. The van der Waals surface area contributed by atoms with Crippen molar-refractivity contribution >= 4 is 40.5 Å². The van der Waals surface area contributed by atoms with Crippen molar-refractivity contribution in [3.05, 3.63) is 125 Å². The van der Waals surface area contributed by atoms with E-state index in [9.17, 15) is 24.3 Å². The van der Waals surface area contributed by atoms with Crippen molar-refractivity contribution in [3.8, 4) is 11.5 Å². The number of fused-ring (bicyclic) bond motifs is 1. The Kier molecular flexibility index (Phi) is 8.65. The number of phenolic OH excluding ortho intramolecular Hbond substituents is 1. The first-order chi connectivity index (χ1) is 22.4. The van der Waals surface area contributed by atoms with Gasteiger partial charge in [-0.1, -0.05) is 67.6 Å². The van der Waals surface area contributed by atoms with Gasteiger partial charge in [0.15, 0.2) is 0 Å². The number of rotatable bonds is 10. The van der Waals surface area contributed by atoms with Gasteiger partial charge in [-0.3, -0.25) is 29.4 Å². The molecule has 0 bridgehead atoms. The van der Waals surface area contributed by atoms with Crippen molar-refractivity contribution in [1.29, 1.82) is 0 Å². The first-order valence-electron chi connectivity index (χ1n) is 15.3. The monoisotopic (exact) mass is 615 g/mol. The van der Waals surface area contributed by atoms with Crippen LogP contribution >= 0.6 is 0 Å². The molecule has 46 heavy (non-hydrogen) atoms. The molecule has 0 aromatic heterocycles. The summed E-state index contributed by atoms with van der Waals surface area (Å²) in [5, 5.41) is 15.3. The molecule has 2 aliphatic rings. The zero-order valence-electron chi connectivity index (χ0n) is 25.3. The fourth-order valence-electron chi connectivity index (χ4n) is 6.04. The van der Waals surface area contributed by atoms with Crippen LogP contribution < -0.4 is 15.4 Å². The largest absolute Gasteiger partial charge is 0.508 e. The molecule has 1 unspecified atom stereocenters. The average molecular weight is 616 g/mol. The maximum absolute atomic E-state index is 13.3. The van der Waals surface area contributed by atoms with Gasteiger partial charge in [-0.2, -0.15) is 0 Å². The second-order valence-corrected chi connectivity index (χ2v) is 11.1. The smallest absolute Gasteiger partial charge is 0.264 e. The molecule has 9 nitrogen and oxygen atoms in total. The zero-order valence-corrected chi connectivity index (χ0v) is 25.3. The number of ether oxygens (including phenoxy) is 1. The SMILES string of the molecule is CC/C(=C(\c1ccc(O)cc1)c1ccc(OCCNc2cccc3c2C(=O)N(C2CCC(=O)NC2=O)C3=O)cc1)c1ccccc1. The number of nitrogens with one attached hydrogen (secondary N) is 2. The number of amides is 4. The van der Waals surface area contributed by atoms with E-state index < -0.39 is 29.7 Å². The highest BCUT2D eigenvalue weighted by Gasteiger charge is 2.45. The molecule has 9 heteroatoms. The fourth-order valence-corrected chi connectivity index (χ4v) is 6.04. The summed E-state index contributed by atoms with van der Waals surface area (Å²) < 4.78 is 6.00. The van der Waals surface area contributed by atoms with E-state index in [0.717, 1.165) is 33.6 Å². The summed E-state index contributed by atoms with van der Waals surface area (Å²) in [5.41, 5.74) is 6.30. The van der Waals surface area contributed by atoms with E-state index in [2.05, 4.69) is 29.7 Å². The van der Waals surface area contributed by atoms with E-state index in [1.807, 2.05) is 54.6 Å². The van der Waals surface area contributed by atoms with Crippen molar-refractivity contribution in [1.82, 2.24) is 10.2 Å². The van der Waals surface area contributed by atoms with Crippen LogP contribution in [0.1, 0.15) is 63.6 Å². The minimum absolute atomic E-state index is 0.0639. The van der Waals surface area contributed by atoms with Crippen LogP contribution in [0.3, 0.4) is 0 Å². The summed E-state index contributed by atoms with van der Waals surface area (Å²) in [5.74, 6) is -1.29. The molecule has 0 spiro atoms. The number of benzene rings is 4. The number of piperidine rings is 1. The molecule has 1 saturated heterocycles. The Morgan fingerprint density at radius 1 is 0.848 bits per heavy atom. The number of hydrogen-bond acceptors (Lipinski definition) is 7. The second-order valence-electron chi connectivity index (χ2n) is 11.1. The summed E-state index contributed by atoms with van der Waals surface area (Å²) >= 11 is 0. The Balaban J connectivity index is 1.14. The minimum Gasteiger partial charge on any atom is -0.508 e. The molecular formula is C37H33N3O6. The van der Waals surface area contributed by atoms with Gasteiger partial charge >= 0.3 is 0 Å². The van der Waals surface area contributed by atoms with Crippen molar-refractivity contribution in [2.45, 2.75) is 32.2 Å². The van der Waals surface area contributed by atoms with Crippen molar-refractivity contribution < 1.29 is 29.0 Å². The molecule has 4 aromatic carbocycles. The number of nitrogens with zero attached hydrogens (tertiary/aromatic N) is 1. The van der Waals surface area contributed by atoms with E-state index in [1.54, 1.807) is 30.3 Å². The van der Waals surface area contributed by atoms with Gasteiger partial charge in [0.05, 0.1) is 11.1 Å². The number of phenols is 1. The van der Waals surface area contributed by atoms with Gasteiger partial charge in [-0.15, -0.1) is 0 Å². The van der Waals surface area contributed by atoms with E-state index in [0.29, 0.717) is 18.0 Å². The number of carbonyl (C=O) groups excluding carboxylic acids is 4. The van der Waals surface area contributed by atoms with Crippen molar-refractivity contribution in [3.63, 3.8) is 0 Å². The lowest BCUT2D eigenvalue weighted by Crippen LogP contribution is -2.54. The van der Waals surface area contributed by atoms with Crippen LogP contribution in [0.5, 0.6) is 11.5 Å². The van der Waals surface area contributed by atoms with E-state index >= 15 is 0 Å². The maximum Gasteiger partial charge on any atom is 0.264 e. The fraction of sp³-hybridized carbons (Fsp3) is 0.189. The van der Waals surface area contributed by atoms with Crippen LogP contribution in [-0.2, 0) is 9.59 Å². The van der Waals surface area contributed by atoms with Gasteiger partial charge in [0.2, 0.25) is 11.8 Å². The molecule has 0 aliphatic carbocycles. The minimum atomic E-state index is -1.02. The number of hydrogen-bond donors (Lipinski definition) is 3. The van der Waals surface area contributed by atoms with Crippen LogP contribution in [0, 0.1) is 0 Å². The highest BCUT2D eigenvalue weighted by Crippen LogP contribution is 2.36. The Hall–Kier alpha value is -5.70. The third-order valence-electron chi connectivity index (χ3n) is 8.23. The Morgan fingerprint density at radius 2 is 1.54 bits per heavy atom. The number of anilines is 1. The topological polar surface area (TPSA) is 125 Å². The first-order valence-corrected chi connectivity index (χ1v) is 15.3. The summed E-state index contributed by atoms with van der Waals surface area (Å²) in [6.07, 6.45) is 0.977. The second kappa shape index (κ2) is 13.1. The van der Waals surface area contributed by atoms with E-state index in [4.69, 9.17) is 4.74 Å². The molecule has 2 aliphatic heterocycles. The molecule has 4 amide bonds. The summed E-state index contributed by atoms with van der Waals surface area (Å²) in [4.78, 5) is 51.4. The van der Waals surface area contributed by atoms with Crippen LogP contribution in [-0.4, -0.2) is 52.8 Å². The van der Waals surface area contributed by atoms with Crippen LogP contribution in [0.4, 0.5) is 5.69 Å². The molecule has 2 heterocycles. The molecule has 1 fully saturated rings. The summed E-state index contributed by atoms with van der Waals surface area (Å²) in [7, 11) is 0. The predicted octanol–water partition coefficient (Wildman–Crippen LogP) is 5.65. The number of allylic oxidation sites excluding steroid dienone is 1. The summed E-state index contributed by atoms with van der Waals surface area (Å²) in [6, 6.07) is 29.2. The quantitative estimate of drug-likeness (QED) is 0.120. The summed E-state index contributed by atoms with van der Waals surface area (Å²) in [6.45, 7) is 2.77. The molecule has 6 rings (SSSR count). The third-order valence-corrected chi connectivity index (χ3v) is 8.23. The van der Waals surface area contributed by atoms with Crippen molar-refractivity contribution in [2.24, 2.45) is 0 Å². The van der Waals surface area contributed by atoms with E-state index in [1.165, 1.54) is 5.57 Å². The third kappa shape index (κ3) is 5.99. The molecule has 0 saturated carbocycles. The van der Waals surface area contributed by atoms with Gasteiger partial charge in [0.25, 0.3) is 11.8 Å².